The van der Waals surface area contributed by atoms with Crippen molar-refractivity contribution in [2.24, 2.45) is 0 Å². The van der Waals surface area contributed by atoms with E-state index in [-0.39, 0.29) is 41.4 Å². The summed E-state index contributed by atoms with van der Waals surface area (Å²) in [7, 11) is 0. The van der Waals surface area contributed by atoms with E-state index in [1.54, 1.807) is 30.6 Å². The van der Waals surface area contributed by atoms with Crippen LogP contribution >= 0.6 is 11.6 Å². The molecule has 0 radical (unpaired) electrons. The van der Waals surface area contributed by atoms with Crippen LogP contribution in [0.15, 0.2) is 42.5 Å². The van der Waals surface area contributed by atoms with Gasteiger partial charge in [-0.05, 0) is 57.5 Å². The highest BCUT2D eigenvalue weighted by Gasteiger charge is 2.34. The Morgan fingerprint density at radius 1 is 1.18 bits per heavy atom. The van der Waals surface area contributed by atoms with Crippen molar-refractivity contribution in [3.8, 4) is 5.75 Å². The van der Waals surface area contributed by atoms with Gasteiger partial charge in [0.05, 0.1) is 23.2 Å². The average molecular weight is 481 g/mol. The van der Waals surface area contributed by atoms with E-state index in [1.807, 2.05) is 31.2 Å². The summed E-state index contributed by atoms with van der Waals surface area (Å²) in [6.45, 7) is 6.98. The molecule has 33 heavy (non-hydrogen) atoms. The van der Waals surface area contributed by atoms with Gasteiger partial charge in [0.2, 0.25) is 0 Å². The molecule has 1 aliphatic rings. The zero-order valence-corrected chi connectivity index (χ0v) is 19.7. The molecule has 6 nitrogen and oxygen atoms in total. The summed E-state index contributed by atoms with van der Waals surface area (Å²) in [6.07, 6.45) is -3.08. The molecule has 0 fully saturated rings. The van der Waals surface area contributed by atoms with Gasteiger partial charge in [-0.2, -0.15) is 0 Å². The molecule has 0 aliphatic carbocycles. The van der Waals surface area contributed by atoms with Crippen LogP contribution in [0.4, 0.5) is 19.3 Å². The molecular formula is C24H27ClF2N2O4. The Bertz CT molecular complexity index is 1030. The molecule has 0 saturated carbocycles. The minimum Gasteiger partial charge on any atom is -0.488 e. The van der Waals surface area contributed by atoms with Gasteiger partial charge in [-0.1, -0.05) is 29.8 Å². The Morgan fingerprint density at radius 3 is 2.52 bits per heavy atom. The number of rotatable bonds is 4. The number of carbonyl (C=O) groups excluding carboxylic acids is 2. The van der Waals surface area contributed by atoms with Crippen LogP contribution in [-0.2, 0) is 11.3 Å². The fourth-order valence-electron chi connectivity index (χ4n) is 3.53. The maximum absolute atomic E-state index is 13.5. The molecule has 178 valence electrons. The van der Waals surface area contributed by atoms with Crippen LogP contribution in [0.3, 0.4) is 0 Å². The number of amides is 2. The van der Waals surface area contributed by atoms with Crippen LogP contribution in [0.5, 0.6) is 5.75 Å². The van der Waals surface area contributed by atoms with E-state index in [0.29, 0.717) is 5.69 Å². The molecule has 0 N–H and O–H groups in total. The van der Waals surface area contributed by atoms with Crippen molar-refractivity contribution in [1.82, 2.24) is 4.90 Å². The van der Waals surface area contributed by atoms with Crippen molar-refractivity contribution in [3.05, 3.63) is 58.6 Å². The van der Waals surface area contributed by atoms with Gasteiger partial charge in [-0.25, -0.2) is 13.6 Å². The van der Waals surface area contributed by atoms with Crippen molar-refractivity contribution in [3.63, 3.8) is 0 Å². The van der Waals surface area contributed by atoms with E-state index in [2.05, 4.69) is 0 Å². The summed E-state index contributed by atoms with van der Waals surface area (Å²) >= 11 is 6.32. The third-order valence-electron chi connectivity index (χ3n) is 5.02. The molecule has 0 saturated heterocycles. The van der Waals surface area contributed by atoms with Gasteiger partial charge in [-0.15, -0.1) is 0 Å². The zero-order chi connectivity index (χ0) is 24.3. The molecule has 2 amide bonds. The first-order valence-corrected chi connectivity index (χ1v) is 10.9. The Labute approximate surface area is 197 Å². The highest BCUT2D eigenvalue weighted by Crippen LogP contribution is 2.32. The van der Waals surface area contributed by atoms with Crippen molar-refractivity contribution in [2.75, 3.05) is 18.1 Å². The topological polar surface area (TPSA) is 59.1 Å². The molecule has 0 spiro atoms. The highest BCUT2D eigenvalue weighted by molar-refractivity contribution is 6.34. The maximum atomic E-state index is 13.5. The molecule has 9 heteroatoms. The highest BCUT2D eigenvalue weighted by atomic mass is 35.5. The van der Waals surface area contributed by atoms with E-state index in [9.17, 15) is 18.4 Å². The molecule has 1 heterocycles. The molecule has 0 unspecified atom stereocenters. The van der Waals surface area contributed by atoms with E-state index in [1.165, 1.54) is 18.2 Å². The van der Waals surface area contributed by atoms with Crippen LogP contribution in [0, 0.1) is 0 Å². The predicted octanol–water partition coefficient (Wildman–Crippen LogP) is 5.77. The minimum absolute atomic E-state index is 0.0881. The van der Waals surface area contributed by atoms with Gasteiger partial charge < -0.3 is 14.4 Å². The number of carbonyl (C=O) groups is 2. The summed E-state index contributed by atoms with van der Waals surface area (Å²) in [5.74, 6) is -0.219. The number of para-hydroxylation sites is 1. The largest absolute Gasteiger partial charge is 0.488 e. The third-order valence-corrected chi connectivity index (χ3v) is 5.33. The second-order valence-corrected chi connectivity index (χ2v) is 9.25. The van der Waals surface area contributed by atoms with Crippen molar-refractivity contribution in [2.45, 2.75) is 52.3 Å². The fourth-order valence-corrected chi connectivity index (χ4v) is 3.78. The number of alkyl halides is 2. The number of nitrogens with zero attached hydrogens (tertiary/aromatic N) is 2. The van der Waals surface area contributed by atoms with E-state index in [4.69, 9.17) is 21.1 Å². The van der Waals surface area contributed by atoms with Gasteiger partial charge in [0.25, 0.3) is 12.3 Å². The average Bonchev–Trinajstić information content (AvgIpc) is 2.87. The number of fused-ring (bicyclic) bond motifs is 1. The first kappa shape index (κ1) is 24.8. The summed E-state index contributed by atoms with van der Waals surface area (Å²) in [4.78, 5) is 29.5. The molecule has 0 bridgehead atoms. The summed E-state index contributed by atoms with van der Waals surface area (Å²) in [6, 6.07) is 11.2. The molecule has 3 rings (SSSR count). The maximum Gasteiger partial charge on any atom is 0.410 e. The lowest BCUT2D eigenvalue weighted by Gasteiger charge is -2.31. The Hall–Kier alpha value is -2.87. The lowest BCUT2D eigenvalue weighted by molar-refractivity contribution is 0.0167. The second-order valence-electron chi connectivity index (χ2n) is 8.85. The smallest absolute Gasteiger partial charge is 0.410 e. The van der Waals surface area contributed by atoms with E-state index in [0.717, 1.165) is 5.56 Å². The summed E-state index contributed by atoms with van der Waals surface area (Å²) in [5.41, 5.74) is 0.997. The Kier molecular flexibility index (Phi) is 7.47. The van der Waals surface area contributed by atoms with Gasteiger partial charge in [0, 0.05) is 12.2 Å². The van der Waals surface area contributed by atoms with Gasteiger partial charge in [0.1, 0.15) is 18.0 Å². The van der Waals surface area contributed by atoms with Gasteiger partial charge in [-0.3, -0.25) is 9.69 Å². The molecular weight excluding hydrogens is 454 g/mol. The molecule has 2 aromatic rings. The lowest BCUT2D eigenvalue weighted by Crippen LogP contribution is -2.46. The number of benzene rings is 2. The first-order valence-electron chi connectivity index (χ1n) is 10.6. The van der Waals surface area contributed by atoms with Crippen LogP contribution in [0.25, 0.3) is 0 Å². The first-order chi connectivity index (χ1) is 15.5. The lowest BCUT2D eigenvalue weighted by atomic mass is 10.1. The van der Waals surface area contributed by atoms with Crippen molar-refractivity contribution >= 4 is 29.3 Å². The molecule has 1 atom stereocenters. The van der Waals surface area contributed by atoms with Gasteiger partial charge >= 0.3 is 6.09 Å². The number of hydrogen-bond donors (Lipinski definition) is 0. The SMILES string of the molecule is C[C@@H]1CN(C(=O)c2ccc(OCC(F)F)cc2Cl)c2ccccc2CN1C(=O)OC(C)(C)C. The van der Waals surface area contributed by atoms with E-state index < -0.39 is 24.7 Å². The number of anilines is 1. The minimum atomic E-state index is -2.62. The number of hydrogen-bond acceptors (Lipinski definition) is 4. The Morgan fingerprint density at radius 2 is 1.88 bits per heavy atom. The van der Waals surface area contributed by atoms with Crippen LogP contribution in [-0.4, -0.2) is 48.1 Å². The molecule has 2 aromatic carbocycles. The van der Waals surface area contributed by atoms with Crippen LogP contribution in [0.2, 0.25) is 5.02 Å². The zero-order valence-electron chi connectivity index (χ0n) is 19.0. The molecule has 0 aromatic heterocycles. The molecule has 1 aliphatic heterocycles. The summed E-state index contributed by atoms with van der Waals surface area (Å²) in [5, 5.41) is 0.0881. The van der Waals surface area contributed by atoms with Crippen LogP contribution < -0.4 is 9.64 Å². The number of halogens is 3. The fraction of sp³-hybridized carbons (Fsp3) is 0.417. The normalized spacial score (nSPS) is 16.3. The quantitative estimate of drug-likeness (QED) is 0.557. The monoisotopic (exact) mass is 480 g/mol. The third kappa shape index (κ3) is 6.13. The van der Waals surface area contributed by atoms with Gasteiger partial charge in [0.15, 0.2) is 0 Å². The second kappa shape index (κ2) is 9.95. The van der Waals surface area contributed by atoms with Crippen LogP contribution in [0.1, 0.15) is 43.6 Å². The standard InChI is InChI=1S/C24H27ClF2N2O4/c1-15-12-29(22(30)18-10-9-17(11-19(18)25)32-14-21(26)27)20-8-6-5-7-16(20)13-28(15)23(31)33-24(2,3)4/h5-11,15,21H,12-14H2,1-4H3/t15-/m1/s1. The van der Waals surface area contributed by atoms with Crippen molar-refractivity contribution in [1.29, 1.82) is 0 Å². The van der Waals surface area contributed by atoms with E-state index >= 15 is 0 Å². The predicted molar refractivity (Wildman–Crippen MR) is 122 cm³/mol. The van der Waals surface area contributed by atoms with Crippen molar-refractivity contribution < 1.29 is 27.8 Å². The summed E-state index contributed by atoms with van der Waals surface area (Å²) < 4.78 is 35.4. The number of ether oxygens (including phenoxy) is 2. The Balaban J connectivity index is 1.90.